The Morgan fingerprint density at radius 3 is 2.65 bits per heavy atom. The van der Waals surface area contributed by atoms with Gasteiger partial charge in [-0.05, 0) is 63.0 Å². The summed E-state index contributed by atoms with van der Waals surface area (Å²) in [5.41, 5.74) is 0.919. The number of aliphatic hydroxyl groups is 1. The Morgan fingerprint density at radius 2 is 2.00 bits per heavy atom. The number of benzene rings is 1. The lowest BCUT2D eigenvalue weighted by Gasteiger charge is -2.33. The summed E-state index contributed by atoms with van der Waals surface area (Å²) in [4.78, 5) is 2.51. The normalized spacial score (nSPS) is 24.4. The highest BCUT2D eigenvalue weighted by molar-refractivity contribution is 9.10. The maximum absolute atomic E-state index is 9.91. The molecule has 2 rings (SSSR count). The molecule has 0 amide bonds. The molecule has 3 nitrogen and oxygen atoms in total. The molecule has 0 aromatic heterocycles. The quantitative estimate of drug-likeness (QED) is 0.861. The Bertz CT molecular complexity index is 409. The van der Waals surface area contributed by atoms with E-state index in [2.05, 4.69) is 45.2 Å². The van der Waals surface area contributed by atoms with Gasteiger partial charge >= 0.3 is 0 Å². The van der Waals surface area contributed by atoms with Crippen LogP contribution in [-0.4, -0.2) is 41.8 Å². The van der Waals surface area contributed by atoms with Gasteiger partial charge in [-0.15, -0.1) is 0 Å². The van der Waals surface area contributed by atoms with Gasteiger partial charge in [0.15, 0.2) is 0 Å². The highest BCUT2D eigenvalue weighted by Gasteiger charge is 2.31. The van der Waals surface area contributed by atoms with Gasteiger partial charge in [-0.1, -0.05) is 22.9 Å². The summed E-state index contributed by atoms with van der Waals surface area (Å²) in [7, 11) is 0. The highest BCUT2D eigenvalue weighted by atomic mass is 79.9. The summed E-state index contributed by atoms with van der Waals surface area (Å²) in [6.45, 7) is 5.81. The van der Waals surface area contributed by atoms with E-state index >= 15 is 0 Å². The molecule has 20 heavy (non-hydrogen) atoms. The Balaban J connectivity index is 2.03. The van der Waals surface area contributed by atoms with E-state index in [9.17, 15) is 5.11 Å². The fourth-order valence-corrected chi connectivity index (χ4v) is 3.22. The van der Waals surface area contributed by atoms with Crippen molar-refractivity contribution in [3.8, 4) is 0 Å². The monoisotopic (exact) mass is 340 g/mol. The van der Waals surface area contributed by atoms with Crippen molar-refractivity contribution in [1.82, 2.24) is 4.90 Å². The number of rotatable bonds is 5. The molecule has 1 unspecified atom stereocenters. The molecule has 1 aliphatic heterocycles. The minimum absolute atomic E-state index is 0.170. The van der Waals surface area contributed by atoms with Crippen LogP contribution in [0.3, 0.4) is 0 Å². The number of nitrogens with zero attached hydrogens (tertiary/aromatic N) is 1. The molecule has 1 heterocycles. The number of halogens is 1. The molecule has 1 aliphatic rings. The molecule has 0 saturated carbocycles. The minimum atomic E-state index is -0.170. The third kappa shape index (κ3) is 4.21. The van der Waals surface area contributed by atoms with Gasteiger partial charge in [0, 0.05) is 16.7 Å². The van der Waals surface area contributed by atoms with E-state index in [-0.39, 0.29) is 12.1 Å². The van der Waals surface area contributed by atoms with E-state index in [1.165, 1.54) is 13.0 Å². The van der Waals surface area contributed by atoms with Gasteiger partial charge in [0.2, 0.25) is 0 Å². The lowest BCUT2D eigenvalue weighted by Crippen LogP contribution is -2.43. The Labute approximate surface area is 130 Å². The lowest BCUT2D eigenvalue weighted by molar-refractivity contribution is 0.192. The van der Waals surface area contributed by atoms with Gasteiger partial charge in [-0.2, -0.15) is 0 Å². The van der Waals surface area contributed by atoms with Gasteiger partial charge in [-0.3, -0.25) is 0 Å². The van der Waals surface area contributed by atoms with Crippen LogP contribution in [0.25, 0.3) is 0 Å². The summed E-state index contributed by atoms with van der Waals surface area (Å²) in [5, 5.41) is 13.5. The van der Waals surface area contributed by atoms with Crippen molar-refractivity contribution in [3.63, 3.8) is 0 Å². The molecule has 2 N–H and O–H groups in total. The zero-order valence-electron chi connectivity index (χ0n) is 12.2. The lowest BCUT2D eigenvalue weighted by atomic mass is 9.91. The summed E-state index contributed by atoms with van der Waals surface area (Å²) in [6.07, 6.45) is 4.37. The number of likely N-dealkylation sites (tertiary alicyclic amines) is 1. The number of nitrogens with one attached hydrogen (secondary N) is 1. The Hall–Kier alpha value is -0.580. The average molecular weight is 341 g/mol. The predicted octanol–water partition coefficient (Wildman–Crippen LogP) is 3.49. The Morgan fingerprint density at radius 1 is 1.25 bits per heavy atom. The van der Waals surface area contributed by atoms with E-state index in [4.69, 9.17) is 0 Å². The number of aliphatic hydroxyl groups excluding tert-OH is 1. The van der Waals surface area contributed by atoms with Crippen LogP contribution in [-0.2, 0) is 0 Å². The largest absolute Gasteiger partial charge is 0.394 e. The molecule has 112 valence electrons. The second-order valence-electron chi connectivity index (χ2n) is 5.77. The first-order chi connectivity index (χ1) is 9.67. The smallest absolute Gasteiger partial charge is 0.0662 e. The van der Waals surface area contributed by atoms with Crippen LogP contribution in [0.1, 0.15) is 32.6 Å². The first kappa shape index (κ1) is 15.8. The van der Waals surface area contributed by atoms with E-state index in [1.807, 2.05) is 12.1 Å². The zero-order valence-corrected chi connectivity index (χ0v) is 13.8. The second kappa shape index (κ2) is 7.43. The van der Waals surface area contributed by atoms with Crippen LogP contribution in [0, 0.1) is 0 Å². The topological polar surface area (TPSA) is 35.5 Å². The molecule has 4 heteroatoms. The standard InChI is InChI=1S/C16H25BrN2O/c1-2-10-19-11-3-8-16(13-20,9-12-19)18-15-6-4-14(17)5-7-15/h4-7,18,20H,2-3,8-13H2,1H3. The zero-order chi connectivity index (χ0) is 14.4. The summed E-state index contributed by atoms with van der Waals surface area (Å²) in [5.74, 6) is 0. The van der Waals surface area contributed by atoms with Crippen molar-refractivity contribution in [1.29, 1.82) is 0 Å². The summed E-state index contributed by atoms with van der Waals surface area (Å²) >= 11 is 3.45. The number of hydrogen-bond acceptors (Lipinski definition) is 3. The first-order valence-corrected chi connectivity index (χ1v) is 8.34. The SMILES string of the molecule is CCCN1CCCC(CO)(Nc2ccc(Br)cc2)CC1. The average Bonchev–Trinajstić information content (AvgIpc) is 2.66. The van der Waals surface area contributed by atoms with Crippen molar-refractivity contribution in [2.45, 2.75) is 38.1 Å². The molecule has 1 saturated heterocycles. The van der Waals surface area contributed by atoms with Crippen LogP contribution >= 0.6 is 15.9 Å². The molecule has 1 aromatic rings. The van der Waals surface area contributed by atoms with E-state index in [0.29, 0.717) is 0 Å². The van der Waals surface area contributed by atoms with E-state index in [1.54, 1.807) is 0 Å². The molecule has 0 aliphatic carbocycles. The first-order valence-electron chi connectivity index (χ1n) is 7.54. The van der Waals surface area contributed by atoms with Crippen molar-refractivity contribution in [3.05, 3.63) is 28.7 Å². The van der Waals surface area contributed by atoms with Crippen LogP contribution < -0.4 is 5.32 Å². The van der Waals surface area contributed by atoms with Gasteiger partial charge in [0.1, 0.15) is 0 Å². The molecular weight excluding hydrogens is 316 g/mol. The van der Waals surface area contributed by atoms with Crippen molar-refractivity contribution in [2.24, 2.45) is 0 Å². The van der Waals surface area contributed by atoms with Crippen LogP contribution in [0.4, 0.5) is 5.69 Å². The fraction of sp³-hybridized carbons (Fsp3) is 0.625. The molecule has 1 atom stereocenters. The maximum atomic E-state index is 9.91. The van der Waals surface area contributed by atoms with Crippen molar-refractivity contribution < 1.29 is 5.11 Å². The number of anilines is 1. The predicted molar refractivity (Wildman–Crippen MR) is 88.2 cm³/mol. The number of hydrogen-bond donors (Lipinski definition) is 2. The van der Waals surface area contributed by atoms with E-state index < -0.39 is 0 Å². The molecular formula is C16H25BrN2O. The summed E-state index contributed by atoms with van der Waals surface area (Å²) < 4.78 is 1.08. The van der Waals surface area contributed by atoms with Crippen LogP contribution in [0.2, 0.25) is 0 Å². The van der Waals surface area contributed by atoms with Crippen LogP contribution in [0.15, 0.2) is 28.7 Å². The highest BCUT2D eigenvalue weighted by Crippen LogP contribution is 2.27. The molecule has 0 spiro atoms. The molecule has 0 radical (unpaired) electrons. The molecule has 0 bridgehead atoms. The van der Waals surface area contributed by atoms with Crippen molar-refractivity contribution >= 4 is 21.6 Å². The van der Waals surface area contributed by atoms with Crippen LogP contribution in [0.5, 0.6) is 0 Å². The van der Waals surface area contributed by atoms with Gasteiger partial charge < -0.3 is 15.3 Å². The molecule has 1 aromatic carbocycles. The fourth-order valence-electron chi connectivity index (χ4n) is 2.95. The van der Waals surface area contributed by atoms with E-state index in [0.717, 1.165) is 42.5 Å². The minimum Gasteiger partial charge on any atom is -0.394 e. The summed E-state index contributed by atoms with van der Waals surface area (Å²) in [6, 6.07) is 8.20. The maximum Gasteiger partial charge on any atom is 0.0662 e. The van der Waals surface area contributed by atoms with Gasteiger partial charge in [-0.25, -0.2) is 0 Å². The van der Waals surface area contributed by atoms with Crippen molar-refractivity contribution in [2.75, 3.05) is 31.6 Å². The van der Waals surface area contributed by atoms with Gasteiger partial charge in [0.05, 0.1) is 12.1 Å². The Kier molecular flexibility index (Phi) is 5.87. The second-order valence-corrected chi connectivity index (χ2v) is 6.68. The third-order valence-electron chi connectivity index (χ3n) is 4.13. The third-order valence-corrected chi connectivity index (χ3v) is 4.66. The van der Waals surface area contributed by atoms with Gasteiger partial charge in [0.25, 0.3) is 0 Å². The molecule has 1 fully saturated rings.